The highest BCUT2D eigenvalue weighted by atomic mass is 16.5. The minimum atomic E-state index is -1.92. The molecule has 0 spiro atoms. The Morgan fingerprint density at radius 1 is 1.06 bits per heavy atom. The molecular weight excluding hydrogens is 448 g/mol. The first-order valence-corrected chi connectivity index (χ1v) is 13.1. The maximum atomic E-state index is 13.2. The van der Waals surface area contributed by atoms with E-state index in [0.717, 1.165) is 12.0 Å². The quantitative estimate of drug-likeness (QED) is 0.440. The Balaban J connectivity index is 1.48. The summed E-state index contributed by atoms with van der Waals surface area (Å²) in [6.07, 6.45) is 3.12. The molecule has 194 valence electrons. The number of rotatable bonds is 2. The van der Waals surface area contributed by atoms with E-state index in [1.165, 1.54) is 12.2 Å². The zero-order chi connectivity index (χ0) is 25.7. The summed E-state index contributed by atoms with van der Waals surface area (Å²) in [5.74, 6) is -1.09. The number of hydrogen-bond donors (Lipinski definition) is 4. The van der Waals surface area contributed by atoms with Gasteiger partial charge < -0.3 is 25.2 Å². The summed E-state index contributed by atoms with van der Waals surface area (Å²) < 4.78 is 5.77. The van der Waals surface area contributed by atoms with Gasteiger partial charge in [-0.25, -0.2) is 4.79 Å². The lowest BCUT2D eigenvalue weighted by atomic mass is 9.42. The molecule has 0 aromatic rings. The van der Waals surface area contributed by atoms with Crippen molar-refractivity contribution >= 4 is 11.8 Å². The Bertz CT molecular complexity index is 1020. The van der Waals surface area contributed by atoms with Crippen molar-refractivity contribution in [2.75, 3.05) is 0 Å². The van der Waals surface area contributed by atoms with E-state index in [4.69, 9.17) is 4.74 Å². The normalized spacial score (nSPS) is 52.5. The molecule has 0 aromatic heterocycles. The van der Waals surface area contributed by atoms with Gasteiger partial charge in [-0.05, 0) is 88.2 Å². The average molecular weight is 489 g/mol. The number of allylic oxidation sites excluding steroid dienone is 1. The van der Waals surface area contributed by atoms with Gasteiger partial charge in [0.05, 0.1) is 17.1 Å². The molecule has 1 heterocycles. The molecule has 35 heavy (non-hydrogen) atoms. The third-order valence-corrected chi connectivity index (χ3v) is 11.6. The molecule has 5 rings (SSSR count). The highest BCUT2D eigenvalue weighted by Gasteiger charge is 2.73. The molecular formula is C28H40O7. The van der Waals surface area contributed by atoms with E-state index in [0.29, 0.717) is 31.3 Å². The van der Waals surface area contributed by atoms with E-state index in [9.17, 15) is 30.0 Å². The van der Waals surface area contributed by atoms with Gasteiger partial charge in [0.2, 0.25) is 0 Å². The van der Waals surface area contributed by atoms with Crippen LogP contribution >= 0.6 is 0 Å². The second-order valence-corrected chi connectivity index (χ2v) is 12.6. The van der Waals surface area contributed by atoms with E-state index >= 15 is 0 Å². The Labute approximate surface area is 207 Å². The molecule has 0 saturated heterocycles. The van der Waals surface area contributed by atoms with Crippen molar-refractivity contribution in [1.82, 2.24) is 0 Å². The highest BCUT2D eigenvalue weighted by molar-refractivity contribution is 5.97. The van der Waals surface area contributed by atoms with Gasteiger partial charge in [-0.1, -0.05) is 19.4 Å². The second kappa shape index (κ2) is 7.73. The Hall–Kier alpha value is -1.54. The van der Waals surface area contributed by atoms with Crippen molar-refractivity contribution in [3.05, 3.63) is 23.3 Å². The number of carbonyl (C=O) groups excluding carboxylic acids is 2. The first-order chi connectivity index (χ1) is 16.2. The molecule has 3 fully saturated rings. The molecule has 0 radical (unpaired) electrons. The fraction of sp³-hybridized carbons (Fsp3) is 0.786. The third-order valence-electron chi connectivity index (χ3n) is 11.6. The number of aliphatic hydroxyl groups is 4. The fourth-order valence-corrected chi connectivity index (χ4v) is 9.08. The van der Waals surface area contributed by atoms with Crippen LogP contribution in [0.2, 0.25) is 0 Å². The van der Waals surface area contributed by atoms with Gasteiger partial charge >= 0.3 is 5.97 Å². The Morgan fingerprint density at radius 2 is 1.71 bits per heavy atom. The molecule has 3 saturated carbocycles. The van der Waals surface area contributed by atoms with Crippen LogP contribution in [0.3, 0.4) is 0 Å². The smallest absolute Gasteiger partial charge is 0.333 e. The van der Waals surface area contributed by atoms with Crippen molar-refractivity contribution in [2.45, 2.75) is 103 Å². The van der Waals surface area contributed by atoms with Crippen LogP contribution in [0.25, 0.3) is 0 Å². The first kappa shape index (κ1) is 25.1. The molecule has 4 aliphatic carbocycles. The summed E-state index contributed by atoms with van der Waals surface area (Å²) >= 11 is 0. The number of fused-ring (bicyclic) bond motifs is 5. The summed E-state index contributed by atoms with van der Waals surface area (Å²) in [6.45, 7) is 9.51. The molecule has 1 aliphatic heterocycles. The maximum absolute atomic E-state index is 13.2. The lowest BCUT2D eigenvalue weighted by Gasteiger charge is -2.64. The fourth-order valence-electron chi connectivity index (χ4n) is 9.08. The zero-order valence-corrected chi connectivity index (χ0v) is 21.5. The number of esters is 1. The monoisotopic (exact) mass is 488 g/mol. The third kappa shape index (κ3) is 2.93. The minimum absolute atomic E-state index is 0.0400. The van der Waals surface area contributed by atoms with Gasteiger partial charge in [0, 0.05) is 17.9 Å². The van der Waals surface area contributed by atoms with Gasteiger partial charge in [-0.3, -0.25) is 4.79 Å². The summed E-state index contributed by atoms with van der Waals surface area (Å²) in [6, 6.07) is 0. The van der Waals surface area contributed by atoms with Crippen LogP contribution in [0.1, 0.15) is 73.1 Å². The molecule has 7 heteroatoms. The van der Waals surface area contributed by atoms with Crippen LogP contribution in [-0.2, 0) is 14.3 Å². The van der Waals surface area contributed by atoms with Crippen LogP contribution in [0, 0.1) is 34.5 Å². The maximum Gasteiger partial charge on any atom is 0.333 e. The standard InChI is InChI=1S/C28H40O7/c1-14-12-20(35-24(32)15(14)2)16(3)27(33)11-9-18-17-13-23(31)28(34)22(30)7-6-21(29)26(28,5)19(17)8-10-25(18,27)4/h6-7,16-20,22-23,30-31,33-34H,8-13H2,1-5H3/t16-,17+,18+,19+,20-,22+,23+,25+,26+,27+,28-/m1/s1. The van der Waals surface area contributed by atoms with Gasteiger partial charge in [-0.15, -0.1) is 0 Å². The predicted octanol–water partition coefficient (Wildman–Crippen LogP) is 2.45. The molecule has 7 nitrogen and oxygen atoms in total. The molecule has 0 amide bonds. The number of aliphatic hydroxyl groups excluding tert-OH is 2. The predicted molar refractivity (Wildman–Crippen MR) is 128 cm³/mol. The van der Waals surface area contributed by atoms with E-state index in [-0.39, 0.29) is 41.8 Å². The minimum Gasteiger partial charge on any atom is -0.458 e. The number of carbonyl (C=O) groups is 2. The van der Waals surface area contributed by atoms with E-state index in [2.05, 4.69) is 6.92 Å². The zero-order valence-electron chi connectivity index (χ0n) is 21.5. The van der Waals surface area contributed by atoms with Crippen molar-refractivity contribution in [3.63, 3.8) is 0 Å². The topological polar surface area (TPSA) is 124 Å². The largest absolute Gasteiger partial charge is 0.458 e. The van der Waals surface area contributed by atoms with E-state index < -0.39 is 40.3 Å². The Kier molecular flexibility index (Phi) is 5.55. The molecule has 0 aromatic carbocycles. The van der Waals surface area contributed by atoms with Crippen molar-refractivity contribution in [1.29, 1.82) is 0 Å². The van der Waals surface area contributed by atoms with Crippen LogP contribution < -0.4 is 0 Å². The Morgan fingerprint density at radius 3 is 2.37 bits per heavy atom. The van der Waals surface area contributed by atoms with Crippen molar-refractivity contribution in [3.8, 4) is 0 Å². The van der Waals surface area contributed by atoms with E-state index in [1.807, 2.05) is 13.8 Å². The molecule has 11 atom stereocenters. The van der Waals surface area contributed by atoms with Gasteiger partial charge in [0.15, 0.2) is 5.78 Å². The van der Waals surface area contributed by atoms with Crippen LogP contribution in [0.15, 0.2) is 23.3 Å². The molecule has 5 aliphatic rings. The van der Waals surface area contributed by atoms with Crippen molar-refractivity contribution < 1.29 is 34.8 Å². The second-order valence-electron chi connectivity index (χ2n) is 12.6. The number of hydrogen-bond acceptors (Lipinski definition) is 7. The molecule has 0 unspecified atom stereocenters. The molecule has 4 N–H and O–H groups in total. The van der Waals surface area contributed by atoms with Crippen LogP contribution in [0.5, 0.6) is 0 Å². The lowest BCUT2D eigenvalue weighted by Crippen LogP contribution is -2.74. The summed E-state index contributed by atoms with van der Waals surface area (Å²) in [7, 11) is 0. The van der Waals surface area contributed by atoms with Gasteiger partial charge in [0.1, 0.15) is 17.8 Å². The SMILES string of the molecule is CC1=C(C)C(=O)O[C@@H]([C@@H](C)[C@@]2(O)CC[C@H]3[C@@H]4C[C@H](O)[C@]5(O)[C@@H](O)C=CC(=O)[C@]5(C)[C@H]4CC[C@@]32C)C1. The van der Waals surface area contributed by atoms with Gasteiger partial charge in [0.25, 0.3) is 0 Å². The van der Waals surface area contributed by atoms with Gasteiger partial charge in [-0.2, -0.15) is 0 Å². The lowest BCUT2D eigenvalue weighted by molar-refractivity contribution is -0.264. The number of ether oxygens (including phenoxy) is 1. The van der Waals surface area contributed by atoms with Crippen LogP contribution in [-0.4, -0.2) is 61.7 Å². The first-order valence-electron chi connectivity index (χ1n) is 13.1. The number of cyclic esters (lactones) is 1. The van der Waals surface area contributed by atoms with E-state index in [1.54, 1.807) is 13.8 Å². The highest BCUT2D eigenvalue weighted by Crippen LogP contribution is 2.69. The summed E-state index contributed by atoms with van der Waals surface area (Å²) in [4.78, 5) is 25.6. The summed E-state index contributed by atoms with van der Waals surface area (Å²) in [5.41, 5.74) is -3.13. The van der Waals surface area contributed by atoms with Crippen LogP contribution in [0.4, 0.5) is 0 Å². The van der Waals surface area contributed by atoms with Crippen molar-refractivity contribution in [2.24, 2.45) is 34.5 Å². The number of ketones is 1. The molecule has 0 bridgehead atoms. The average Bonchev–Trinajstić information content (AvgIpc) is 3.09. The summed E-state index contributed by atoms with van der Waals surface area (Å²) in [5, 5.41) is 45.7.